The quantitative estimate of drug-likeness (QED) is 0.635. The predicted molar refractivity (Wildman–Crippen MR) is 57.3 cm³/mol. The fraction of sp³-hybridized carbons (Fsp3) is 0.300. The Morgan fingerprint density at radius 2 is 2.35 bits per heavy atom. The van der Waals surface area contributed by atoms with Crippen molar-refractivity contribution in [2.24, 2.45) is 0 Å². The molecule has 0 atom stereocenters. The van der Waals surface area contributed by atoms with E-state index in [1.807, 2.05) is 0 Å². The summed E-state index contributed by atoms with van der Waals surface area (Å²) in [5.41, 5.74) is -0.596. The summed E-state index contributed by atoms with van der Waals surface area (Å²) in [4.78, 5) is 14.7. The summed E-state index contributed by atoms with van der Waals surface area (Å²) in [7, 11) is 1.20. The van der Waals surface area contributed by atoms with Gasteiger partial charge in [-0.25, -0.2) is 13.8 Å². The molecular weight excluding hydrogens is 298 g/mol. The summed E-state index contributed by atoms with van der Waals surface area (Å²) in [6, 6.07) is 2.66. The SMILES string of the molecule is COC(=O)Cc1cc(C(F)F)c(C#N)nc1Br. The topological polar surface area (TPSA) is 63.0 Å². The van der Waals surface area contributed by atoms with Crippen molar-refractivity contribution in [1.82, 2.24) is 4.98 Å². The van der Waals surface area contributed by atoms with Gasteiger partial charge in [0.05, 0.1) is 19.1 Å². The van der Waals surface area contributed by atoms with Gasteiger partial charge in [-0.1, -0.05) is 0 Å². The highest BCUT2D eigenvalue weighted by atomic mass is 79.9. The average molecular weight is 305 g/mol. The Labute approximate surface area is 104 Å². The number of aromatic nitrogens is 1. The molecule has 0 aliphatic heterocycles. The first-order valence-electron chi connectivity index (χ1n) is 4.44. The molecule has 90 valence electrons. The molecule has 0 radical (unpaired) electrons. The van der Waals surface area contributed by atoms with Crippen LogP contribution in [0.5, 0.6) is 0 Å². The van der Waals surface area contributed by atoms with Crippen molar-refractivity contribution < 1.29 is 18.3 Å². The minimum absolute atomic E-state index is 0.184. The first kappa shape index (κ1) is 13.5. The number of carbonyl (C=O) groups is 1. The van der Waals surface area contributed by atoms with Crippen molar-refractivity contribution in [3.63, 3.8) is 0 Å². The third kappa shape index (κ3) is 3.20. The monoisotopic (exact) mass is 304 g/mol. The third-order valence-corrected chi connectivity index (χ3v) is 2.67. The first-order valence-corrected chi connectivity index (χ1v) is 5.23. The number of ether oxygens (including phenoxy) is 1. The van der Waals surface area contributed by atoms with Gasteiger partial charge in [0.1, 0.15) is 10.7 Å². The van der Waals surface area contributed by atoms with E-state index in [-0.39, 0.29) is 22.3 Å². The molecule has 17 heavy (non-hydrogen) atoms. The molecule has 0 saturated carbocycles. The highest BCUT2D eigenvalue weighted by Crippen LogP contribution is 2.26. The van der Waals surface area contributed by atoms with Crippen LogP contribution in [0.3, 0.4) is 0 Å². The van der Waals surface area contributed by atoms with Gasteiger partial charge in [0.25, 0.3) is 6.43 Å². The van der Waals surface area contributed by atoms with E-state index in [0.29, 0.717) is 0 Å². The maximum atomic E-state index is 12.6. The van der Waals surface area contributed by atoms with Gasteiger partial charge in [0, 0.05) is 0 Å². The van der Waals surface area contributed by atoms with Crippen LogP contribution in [0.4, 0.5) is 8.78 Å². The van der Waals surface area contributed by atoms with Gasteiger partial charge in [-0.15, -0.1) is 0 Å². The summed E-state index contributed by atoms with van der Waals surface area (Å²) < 4.78 is 29.9. The number of esters is 1. The van der Waals surface area contributed by atoms with Crippen molar-refractivity contribution in [3.8, 4) is 6.07 Å². The number of hydrogen-bond acceptors (Lipinski definition) is 4. The van der Waals surface area contributed by atoms with Gasteiger partial charge >= 0.3 is 5.97 Å². The van der Waals surface area contributed by atoms with E-state index in [0.717, 1.165) is 6.07 Å². The summed E-state index contributed by atoms with van der Waals surface area (Å²) >= 11 is 3.01. The number of hydrogen-bond donors (Lipinski definition) is 0. The van der Waals surface area contributed by atoms with Gasteiger partial charge in [-0.2, -0.15) is 5.26 Å². The summed E-state index contributed by atoms with van der Waals surface area (Å²) in [5.74, 6) is -0.572. The Balaban J connectivity index is 3.21. The highest BCUT2D eigenvalue weighted by Gasteiger charge is 2.18. The average Bonchev–Trinajstić information content (AvgIpc) is 2.30. The number of pyridine rings is 1. The van der Waals surface area contributed by atoms with Gasteiger partial charge in [-0.05, 0) is 27.6 Å². The van der Waals surface area contributed by atoms with Crippen LogP contribution in [0.1, 0.15) is 23.2 Å². The molecule has 0 aliphatic rings. The number of nitriles is 1. The number of alkyl halides is 2. The fourth-order valence-electron chi connectivity index (χ4n) is 1.16. The minimum atomic E-state index is -2.82. The molecule has 1 aromatic rings. The molecule has 0 fully saturated rings. The van der Waals surface area contributed by atoms with Gasteiger partial charge in [0.15, 0.2) is 5.69 Å². The molecule has 0 aliphatic carbocycles. The van der Waals surface area contributed by atoms with Crippen LogP contribution in [-0.4, -0.2) is 18.1 Å². The number of nitrogens with zero attached hydrogens (tertiary/aromatic N) is 2. The van der Waals surface area contributed by atoms with Crippen LogP contribution < -0.4 is 0 Å². The summed E-state index contributed by atoms with van der Waals surface area (Å²) in [6.45, 7) is 0. The zero-order chi connectivity index (χ0) is 13.0. The van der Waals surface area contributed by atoms with Gasteiger partial charge in [-0.3, -0.25) is 4.79 Å². The molecule has 1 rings (SSSR count). The summed E-state index contributed by atoms with van der Waals surface area (Å²) in [6.07, 6.45) is -3.00. The number of methoxy groups -OCH3 is 1. The van der Waals surface area contributed by atoms with Crippen molar-refractivity contribution >= 4 is 21.9 Å². The zero-order valence-electron chi connectivity index (χ0n) is 8.71. The normalized spacial score (nSPS) is 10.1. The van der Waals surface area contributed by atoms with Crippen molar-refractivity contribution in [2.45, 2.75) is 12.8 Å². The molecule has 0 amide bonds. The Hall–Kier alpha value is -1.55. The van der Waals surface area contributed by atoms with E-state index in [4.69, 9.17) is 5.26 Å². The highest BCUT2D eigenvalue weighted by molar-refractivity contribution is 9.10. The van der Waals surface area contributed by atoms with Crippen LogP contribution in [0.2, 0.25) is 0 Å². The van der Waals surface area contributed by atoms with E-state index >= 15 is 0 Å². The lowest BCUT2D eigenvalue weighted by Gasteiger charge is -2.07. The van der Waals surface area contributed by atoms with E-state index in [1.165, 1.54) is 7.11 Å². The van der Waals surface area contributed by atoms with E-state index in [2.05, 4.69) is 25.7 Å². The van der Waals surface area contributed by atoms with Crippen LogP contribution in [0, 0.1) is 11.3 Å². The van der Waals surface area contributed by atoms with Gasteiger partial charge in [0.2, 0.25) is 0 Å². The fourth-order valence-corrected chi connectivity index (χ4v) is 1.59. The summed E-state index contributed by atoms with van der Waals surface area (Å²) in [5, 5.41) is 8.65. The Morgan fingerprint density at radius 3 is 2.82 bits per heavy atom. The van der Waals surface area contributed by atoms with E-state index in [9.17, 15) is 13.6 Å². The van der Waals surface area contributed by atoms with E-state index < -0.39 is 18.0 Å². The van der Waals surface area contributed by atoms with Gasteiger partial charge < -0.3 is 4.74 Å². The largest absolute Gasteiger partial charge is 0.469 e. The zero-order valence-corrected chi connectivity index (χ0v) is 10.3. The Bertz CT molecular complexity index is 486. The van der Waals surface area contributed by atoms with Crippen molar-refractivity contribution in [2.75, 3.05) is 7.11 Å². The maximum Gasteiger partial charge on any atom is 0.310 e. The second-order valence-corrected chi connectivity index (χ2v) is 3.79. The first-order chi connectivity index (χ1) is 7.99. The maximum absolute atomic E-state index is 12.6. The van der Waals surface area contributed by atoms with Crippen LogP contribution in [-0.2, 0) is 16.0 Å². The molecule has 1 aromatic heterocycles. The Morgan fingerprint density at radius 1 is 1.71 bits per heavy atom. The second kappa shape index (κ2) is 5.68. The molecule has 0 N–H and O–H groups in total. The lowest BCUT2D eigenvalue weighted by atomic mass is 10.1. The smallest absolute Gasteiger partial charge is 0.310 e. The molecule has 7 heteroatoms. The predicted octanol–water partition coefficient (Wildman–Crippen LogP) is 2.37. The minimum Gasteiger partial charge on any atom is -0.469 e. The molecule has 1 heterocycles. The molecule has 0 bridgehead atoms. The lowest BCUT2D eigenvalue weighted by Crippen LogP contribution is -2.07. The molecule has 0 aromatic carbocycles. The molecule has 0 unspecified atom stereocenters. The third-order valence-electron chi connectivity index (χ3n) is 1.98. The molecule has 0 spiro atoms. The Kier molecular flexibility index (Phi) is 4.52. The van der Waals surface area contributed by atoms with Crippen LogP contribution in [0.15, 0.2) is 10.7 Å². The molecule has 0 saturated heterocycles. The van der Waals surface area contributed by atoms with E-state index in [1.54, 1.807) is 6.07 Å². The number of halogens is 3. The van der Waals surface area contributed by atoms with Crippen molar-refractivity contribution in [1.29, 1.82) is 5.26 Å². The van der Waals surface area contributed by atoms with Crippen LogP contribution in [0.25, 0.3) is 0 Å². The van der Waals surface area contributed by atoms with Crippen LogP contribution >= 0.6 is 15.9 Å². The second-order valence-electron chi connectivity index (χ2n) is 3.04. The number of rotatable bonds is 3. The number of carbonyl (C=O) groups excluding carboxylic acids is 1. The standard InChI is InChI=1S/C10H7BrF2N2O2/c1-17-8(16)3-5-2-6(10(12)13)7(4-14)15-9(5)11/h2,10H,3H2,1H3. The molecule has 4 nitrogen and oxygen atoms in total. The molecular formula is C10H7BrF2N2O2. The lowest BCUT2D eigenvalue weighted by molar-refractivity contribution is -0.139. The van der Waals surface area contributed by atoms with Crippen molar-refractivity contribution in [3.05, 3.63) is 27.5 Å².